The minimum absolute atomic E-state index is 0.704. The average molecular weight is 242 g/mol. The summed E-state index contributed by atoms with van der Waals surface area (Å²) in [6.07, 6.45) is 2.60. The van der Waals surface area contributed by atoms with Crippen LogP contribution in [0.3, 0.4) is 0 Å². The van der Waals surface area contributed by atoms with Gasteiger partial charge in [0.2, 0.25) is 0 Å². The van der Waals surface area contributed by atoms with Crippen LogP contribution < -0.4 is 5.73 Å². The highest BCUT2D eigenvalue weighted by atomic mass is 15.3. The lowest BCUT2D eigenvalue weighted by Crippen LogP contribution is -2.18. The molecule has 4 nitrogen and oxygen atoms in total. The number of likely N-dealkylation sites (tertiary alicyclic amines) is 1. The van der Waals surface area contributed by atoms with Crippen LogP contribution in [0.2, 0.25) is 0 Å². The van der Waals surface area contributed by atoms with Crippen LogP contribution in [-0.4, -0.2) is 27.8 Å². The minimum Gasteiger partial charge on any atom is -0.384 e. The van der Waals surface area contributed by atoms with Gasteiger partial charge < -0.3 is 5.73 Å². The number of para-hydroxylation sites is 1. The maximum absolute atomic E-state index is 6.03. The first-order chi connectivity index (χ1) is 8.83. The lowest BCUT2D eigenvalue weighted by molar-refractivity contribution is 0.326. The van der Waals surface area contributed by atoms with Crippen molar-refractivity contribution in [3.8, 4) is 5.69 Å². The molecule has 0 aliphatic carbocycles. The van der Waals surface area contributed by atoms with Crippen LogP contribution in [0.25, 0.3) is 5.69 Å². The van der Waals surface area contributed by atoms with E-state index in [1.54, 1.807) is 0 Å². The van der Waals surface area contributed by atoms with Gasteiger partial charge in [0.05, 0.1) is 11.4 Å². The molecule has 94 valence electrons. The quantitative estimate of drug-likeness (QED) is 0.896. The van der Waals surface area contributed by atoms with E-state index in [2.05, 4.69) is 10.00 Å². The summed E-state index contributed by atoms with van der Waals surface area (Å²) in [6.45, 7) is 3.26. The normalized spacial score (nSPS) is 16.2. The van der Waals surface area contributed by atoms with E-state index in [0.717, 1.165) is 17.9 Å². The standard InChI is InChI=1S/C14H18N4/c15-14-10-12(11-17-8-4-5-9-17)16-18(14)13-6-2-1-3-7-13/h1-3,6-7,10H,4-5,8-9,11,15H2. The van der Waals surface area contributed by atoms with Gasteiger partial charge in [-0.05, 0) is 38.1 Å². The number of aromatic nitrogens is 2. The van der Waals surface area contributed by atoms with Gasteiger partial charge >= 0.3 is 0 Å². The van der Waals surface area contributed by atoms with E-state index >= 15 is 0 Å². The number of benzene rings is 1. The maximum Gasteiger partial charge on any atom is 0.127 e. The van der Waals surface area contributed by atoms with Crippen molar-refractivity contribution < 1.29 is 0 Å². The number of hydrogen-bond donors (Lipinski definition) is 1. The Bertz CT molecular complexity index is 512. The molecule has 1 aliphatic rings. The van der Waals surface area contributed by atoms with Crippen molar-refractivity contribution in [1.82, 2.24) is 14.7 Å². The third-order valence-electron chi connectivity index (χ3n) is 3.37. The first-order valence-corrected chi connectivity index (χ1v) is 6.45. The van der Waals surface area contributed by atoms with Crippen molar-refractivity contribution >= 4 is 5.82 Å². The predicted octanol–water partition coefficient (Wildman–Crippen LogP) is 2.05. The lowest BCUT2D eigenvalue weighted by Gasteiger charge is -2.11. The number of anilines is 1. The molecule has 4 heteroatoms. The van der Waals surface area contributed by atoms with Crippen molar-refractivity contribution in [2.45, 2.75) is 19.4 Å². The fraction of sp³-hybridized carbons (Fsp3) is 0.357. The summed E-state index contributed by atoms with van der Waals surface area (Å²) in [7, 11) is 0. The molecule has 2 aromatic rings. The van der Waals surface area contributed by atoms with E-state index < -0.39 is 0 Å². The van der Waals surface area contributed by atoms with Gasteiger partial charge in [0.15, 0.2) is 0 Å². The summed E-state index contributed by atoms with van der Waals surface area (Å²) in [5.74, 6) is 0.704. The molecule has 0 radical (unpaired) electrons. The predicted molar refractivity (Wildman–Crippen MR) is 72.5 cm³/mol. The van der Waals surface area contributed by atoms with Crippen LogP contribution in [0.5, 0.6) is 0 Å². The van der Waals surface area contributed by atoms with E-state index in [1.807, 2.05) is 41.1 Å². The van der Waals surface area contributed by atoms with Gasteiger partial charge in [0.25, 0.3) is 0 Å². The Kier molecular flexibility index (Phi) is 3.02. The van der Waals surface area contributed by atoms with Gasteiger partial charge in [-0.3, -0.25) is 4.90 Å². The molecule has 1 fully saturated rings. The molecule has 0 amide bonds. The third kappa shape index (κ3) is 2.24. The van der Waals surface area contributed by atoms with Gasteiger partial charge in [0, 0.05) is 12.6 Å². The van der Waals surface area contributed by atoms with Crippen molar-refractivity contribution in [3.05, 3.63) is 42.1 Å². The Labute approximate surface area is 107 Å². The van der Waals surface area contributed by atoms with Crippen molar-refractivity contribution in [2.24, 2.45) is 0 Å². The molecule has 0 unspecified atom stereocenters. The minimum atomic E-state index is 0.704. The van der Waals surface area contributed by atoms with E-state index in [-0.39, 0.29) is 0 Å². The number of rotatable bonds is 3. The molecule has 1 saturated heterocycles. The molecule has 2 heterocycles. The van der Waals surface area contributed by atoms with Crippen molar-refractivity contribution in [2.75, 3.05) is 18.8 Å². The monoisotopic (exact) mass is 242 g/mol. The maximum atomic E-state index is 6.03. The van der Waals surface area contributed by atoms with Crippen LogP contribution in [0.1, 0.15) is 18.5 Å². The highest BCUT2D eigenvalue weighted by molar-refractivity contribution is 5.42. The third-order valence-corrected chi connectivity index (χ3v) is 3.37. The Morgan fingerprint density at radius 3 is 2.56 bits per heavy atom. The largest absolute Gasteiger partial charge is 0.384 e. The fourth-order valence-electron chi connectivity index (χ4n) is 2.47. The van der Waals surface area contributed by atoms with Crippen LogP contribution in [-0.2, 0) is 6.54 Å². The number of nitrogens with zero attached hydrogens (tertiary/aromatic N) is 3. The van der Waals surface area contributed by atoms with Gasteiger partial charge in [-0.25, -0.2) is 4.68 Å². The Hall–Kier alpha value is -1.81. The zero-order valence-electron chi connectivity index (χ0n) is 10.4. The Morgan fingerprint density at radius 1 is 1.11 bits per heavy atom. The van der Waals surface area contributed by atoms with Crippen molar-refractivity contribution in [3.63, 3.8) is 0 Å². The molecule has 1 aliphatic heterocycles. The summed E-state index contributed by atoms with van der Waals surface area (Å²) in [6, 6.07) is 12.0. The molecule has 0 atom stereocenters. The molecule has 0 bridgehead atoms. The van der Waals surface area contributed by atoms with Crippen LogP contribution in [0.15, 0.2) is 36.4 Å². The topological polar surface area (TPSA) is 47.1 Å². The number of nitrogens with two attached hydrogens (primary N) is 1. The number of nitrogen functional groups attached to an aromatic ring is 1. The second-order valence-electron chi connectivity index (χ2n) is 4.79. The second-order valence-corrected chi connectivity index (χ2v) is 4.79. The number of hydrogen-bond acceptors (Lipinski definition) is 3. The second kappa shape index (κ2) is 4.82. The van der Waals surface area contributed by atoms with Crippen LogP contribution in [0, 0.1) is 0 Å². The Balaban J connectivity index is 1.82. The van der Waals surface area contributed by atoms with Gasteiger partial charge in [-0.1, -0.05) is 18.2 Å². The molecular weight excluding hydrogens is 224 g/mol. The van der Waals surface area contributed by atoms with Crippen LogP contribution in [0.4, 0.5) is 5.82 Å². The highest BCUT2D eigenvalue weighted by Crippen LogP contribution is 2.17. The Morgan fingerprint density at radius 2 is 1.83 bits per heavy atom. The zero-order chi connectivity index (χ0) is 12.4. The summed E-state index contributed by atoms with van der Waals surface area (Å²) >= 11 is 0. The molecule has 1 aromatic heterocycles. The molecule has 3 rings (SSSR count). The lowest BCUT2D eigenvalue weighted by atomic mass is 10.3. The molecular formula is C14H18N4. The molecule has 18 heavy (non-hydrogen) atoms. The van der Waals surface area contributed by atoms with E-state index in [1.165, 1.54) is 25.9 Å². The van der Waals surface area contributed by atoms with Gasteiger partial charge in [0.1, 0.15) is 5.82 Å². The molecule has 0 saturated carbocycles. The van der Waals surface area contributed by atoms with E-state index in [0.29, 0.717) is 5.82 Å². The van der Waals surface area contributed by atoms with E-state index in [9.17, 15) is 0 Å². The first-order valence-electron chi connectivity index (χ1n) is 6.45. The van der Waals surface area contributed by atoms with Gasteiger partial charge in [-0.2, -0.15) is 5.10 Å². The van der Waals surface area contributed by atoms with E-state index in [4.69, 9.17) is 5.73 Å². The summed E-state index contributed by atoms with van der Waals surface area (Å²) in [4.78, 5) is 2.43. The smallest absolute Gasteiger partial charge is 0.127 e. The molecule has 0 spiro atoms. The average Bonchev–Trinajstić information content (AvgIpc) is 3.01. The highest BCUT2D eigenvalue weighted by Gasteiger charge is 2.14. The first kappa shape index (κ1) is 11.3. The molecule has 1 aromatic carbocycles. The SMILES string of the molecule is Nc1cc(CN2CCCC2)nn1-c1ccccc1. The van der Waals surface area contributed by atoms with Crippen LogP contribution >= 0.6 is 0 Å². The molecule has 2 N–H and O–H groups in total. The summed E-state index contributed by atoms with van der Waals surface area (Å²) < 4.78 is 1.81. The zero-order valence-corrected chi connectivity index (χ0v) is 10.4. The van der Waals surface area contributed by atoms with Gasteiger partial charge in [-0.15, -0.1) is 0 Å². The fourth-order valence-corrected chi connectivity index (χ4v) is 2.47. The summed E-state index contributed by atoms with van der Waals surface area (Å²) in [5, 5.41) is 4.59. The van der Waals surface area contributed by atoms with Crippen molar-refractivity contribution in [1.29, 1.82) is 0 Å². The summed E-state index contributed by atoms with van der Waals surface area (Å²) in [5.41, 5.74) is 8.10.